The van der Waals surface area contributed by atoms with Gasteiger partial charge in [-0.1, -0.05) is 31.0 Å². The van der Waals surface area contributed by atoms with Gasteiger partial charge < -0.3 is 10.3 Å². The number of hydrogen-bond donors (Lipinski definition) is 2. The van der Waals surface area contributed by atoms with Gasteiger partial charge in [-0.3, -0.25) is 4.79 Å². The van der Waals surface area contributed by atoms with Crippen LogP contribution in [0.15, 0.2) is 53.6 Å². The van der Waals surface area contributed by atoms with Gasteiger partial charge in [0.2, 0.25) is 10.0 Å². The fourth-order valence-electron chi connectivity index (χ4n) is 4.36. The number of nitrogen functional groups attached to an aromatic ring is 1. The highest BCUT2D eigenvalue weighted by atomic mass is 32.2. The van der Waals surface area contributed by atoms with Crippen molar-refractivity contribution in [3.63, 3.8) is 0 Å². The number of hydrogen-bond acceptors (Lipinski definition) is 4. The summed E-state index contributed by atoms with van der Waals surface area (Å²) >= 11 is 0. The van der Waals surface area contributed by atoms with Crippen LogP contribution in [0.2, 0.25) is 0 Å². The topological polar surface area (TPSA) is 94.2 Å². The van der Waals surface area contributed by atoms with Crippen molar-refractivity contribution in [2.45, 2.75) is 62.9 Å². The molecule has 1 aliphatic carbocycles. The van der Waals surface area contributed by atoms with Gasteiger partial charge in [0.15, 0.2) is 5.78 Å². The molecule has 1 aliphatic rings. The maximum Gasteiger partial charge on any atom is 0.241 e. The van der Waals surface area contributed by atoms with E-state index in [9.17, 15) is 13.2 Å². The van der Waals surface area contributed by atoms with Crippen molar-refractivity contribution in [3.05, 3.63) is 59.8 Å². The number of ketones is 1. The Bertz CT molecular complexity index is 1250. The standard InChI is InChI=1S/C24H29N3O3S/c1-24(2,3)26-31(29,30)19-10-6-7-16(13-19)23(28)21-15-27(18-8-4-5-9-18)22-14-17(25)11-12-20(21)22/h6-7,10-15,18,26H,4-5,8-9,25H2,1-3H3. The summed E-state index contributed by atoms with van der Waals surface area (Å²) in [4.78, 5) is 13.6. The average molecular weight is 440 g/mol. The maximum absolute atomic E-state index is 13.5. The van der Waals surface area contributed by atoms with Gasteiger partial charge >= 0.3 is 0 Å². The lowest BCUT2D eigenvalue weighted by molar-refractivity contribution is 0.104. The van der Waals surface area contributed by atoms with Crippen LogP contribution in [-0.4, -0.2) is 24.3 Å². The second kappa shape index (κ2) is 7.80. The minimum Gasteiger partial charge on any atom is -0.399 e. The van der Waals surface area contributed by atoms with E-state index in [0.717, 1.165) is 23.7 Å². The number of nitrogens with zero attached hydrogens (tertiary/aromatic N) is 1. The van der Waals surface area contributed by atoms with Crippen LogP contribution in [0, 0.1) is 0 Å². The Morgan fingerprint density at radius 1 is 1.10 bits per heavy atom. The van der Waals surface area contributed by atoms with Crippen molar-refractivity contribution in [2.24, 2.45) is 0 Å². The van der Waals surface area contributed by atoms with Gasteiger partial charge in [-0.2, -0.15) is 0 Å². The molecule has 3 N–H and O–H groups in total. The first-order chi connectivity index (χ1) is 14.5. The molecule has 2 aromatic carbocycles. The molecule has 0 aliphatic heterocycles. The molecule has 164 valence electrons. The lowest BCUT2D eigenvalue weighted by Crippen LogP contribution is -2.40. The zero-order chi connectivity index (χ0) is 22.4. The predicted octanol–water partition coefficient (Wildman–Crippen LogP) is 4.65. The minimum atomic E-state index is -3.74. The van der Waals surface area contributed by atoms with Crippen molar-refractivity contribution < 1.29 is 13.2 Å². The lowest BCUT2D eigenvalue weighted by atomic mass is 10.0. The Morgan fingerprint density at radius 2 is 1.81 bits per heavy atom. The smallest absolute Gasteiger partial charge is 0.241 e. The largest absolute Gasteiger partial charge is 0.399 e. The molecule has 0 radical (unpaired) electrons. The van der Waals surface area contributed by atoms with Crippen molar-refractivity contribution >= 4 is 32.4 Å². The number of fused-ring (bicyclic) bond motifs is 1. The third-order valence-corrected chi connectivity index (χ3v) is 7.42. The Balaban J connectivity index is 1.77. The number of carbonyl (C=O) groups excluding carboxylic acids is 1. The van der Waals surface area contributed by atoms with Crippen molar-refractivity contribution in [1.29, 1.82) is 0 Å². The number of nitrogens with two attached hydrogens (primary N) is 1. The number of sulfonamides is 1. The van der Waals surface area contributed by atoms with Crippen LogP contribution in [0.25, 0.3) is 10.9 Å². The molecule has 3 aromatic rings. The Labute approximate surface area is 183 Å². The summed E-state index contributed by atoms with van der Waals surface area (Å²) in [6.45, 7) is 5.34. The van der Waals surface area contributed by atoms with E-state index in [1.165, 1.54) is 25.0 Å². The monoisotopic (exact) mass is 439 g/mol. The highest BCUT2D eigenvalue weighted by Crippen LogP contribution is 2.35. The number of aromatic nitrogens is 1. The number of rotatable bonds is 5. The molecule has 7 heteroatoms. The van der Waals surface area contributed by atoms with E-state index in [0.29, 0.717) is 22.9 Å². The van der Waals surface area contributed by atoms with Crippen LogP contribution in [-0.2, 0) is 10.0 Å². The van der Waals surface area contributed by atoms with Crippen LogP contribution in [0.4, 0.5) is 5.69 Å². The molecule has 0 saturated heterocycles. The first-order valence-corrected chi connectivity index (χ1v) is 12.1. The zero-order valence-electron chi connectivity index (χ0n) is 18.2. The quantitative estimate of drug-likeness (QED) is 0.447. The van der Waals surface area contributed by atoms with Crippen molar-refractivity contribution in [3.8, 4) is 0 Å². The van der Waals surface area contributed by atoms with E-state index in [2.05, 4.69) is 9.29 Å². The normalized spacial score (nSPS) is 15.6. The van der Waals surface area contributed by atoms with Crippen molar-refractivity contribution in [1.82, 2.24) is 9.29 Å². The van der Waals surface area contributed by atoms with E-state index in [-0.39, 0.29) is 10.7 Å². The number of nitrogens with one attached hydrogen (secondary N) is 1. The summed E-state index contributed by atoms with van der Waals surface area (Å²) in [7, 11) is -3.74. The van der Waals surface area contributed by atoms with E-state index in [1.807, 2.05) is 18.3 Å². The first-order valence-electron chi connectivity index (χ1n) is 10.6. The molecular weight excluding hydrogens is 410 g/mol. The second-order valence-electron chi connectivity index (χ2n) is 9.38. The summed E-state index contributed by atoms with van der Waals surface area (Å²) in [5.41, 5.74) is 7.94. The Kier molecular flexibility index (Phi) is 5.43. The second-order valence-corrected chi connectivity index (χ2v) is 11.1. The molecule has 0 amide bonds. The Hall–Kier alpha value is -2.64. The third-order valence-electron chi connectivity index (χ3n) is 5.67. The zero-order valence-corrected chi connectivity index (χ0v) is 19.0. The molecular formula is C24H29N3O3S. The van der Waals surface area contributed by atoms with Crippen LogP contribution in [0.5, 0.6) is 0 Å². The van der Waals surface area contributed by atoms with Gasteiger partial charge in [-0.25, -0.2) is 13.1 Å². The number of carbonyl (C=O) groups is 1. The predicted molar refractivity (Wildman–Crippen MR) is 124 cm³/mol. The average Bonchev–Trinajstić information content (AvgIpc) is 3.33. The van der Waals surface area contributed by atoms with E-state index < -0.39 is 15.6 Å². The highest BCUT2D eigenvalue weighted by molar-refractivity contribution is 7.89. The first kappa shape index (κ1) is 21.6. The molecule has 4 rings (SSSR count). The number of benzene rings is 2. The number of anilines is 1. The van der Waals surface area contributed by atoms with E-state index in [4.69, 9.17) is 5.73 Å². The van der Waals surface area contributed by atoms with Crippen LogP contribution in [0.1, 0.15) is 68.4 Å². The molecule has 31 heavy (non-hydrogen) atoms. The summed E-state index contributed by atoms with van der Waals surface area (Å²) in [6, 6.07) is 12.2. The molecule has 1 aromatic heterocycles. The minimum absolute atomic E-state index is 0.0806. The lowest BCUT2D eigenvalue weighted by Gasteiger charge is -2.20. The third kappa shape index (κ3) is 4.38. The van der Waals surface area contributed by atoms with E-state index in [1.54, 1.807) is 39.0 Å². The van der Waals surface area contributed by atoms with E-state index >= 15 is 0 Å². The SMILES string of the molecule is CC(C)(C)NS(=O)(=O)c1cccc(C(=O)c2cn(C3CCCC3)c3cc(N)ccc23)c1. The molecule has 6 nitrogen and oxygen atoms in total. The van der Waals surface area contributed by atoms with Crippen LogP contribution < -0.4 is 10.5 Å². The Morgan fingerprint density at radius 3 is 2.48 bits per heavy atom. The molecule has 0 bridgehead atoms. The molecule has 0 unspecified atom stereocenters. The summed E-state index contributed by atoms with van der Waals surface area (Å²) in [6.07, 6.45) is 6.43. The highest BCUT2D eigenvalue weighted by Gasteiger charge is 2.25. The maximum atomic E-state index is 13.5. The van der Waals surface area contributed by atoms with Gasteiger partial charge in [0, 0.05) is 40.0 Å². The van der Waals surface area contributed by atoms with Gasteiger partial charge in [-0.05, 0) is 57.9 Å². The molecule has 0 spiro atoms. The van der Waals surface area contributed by atoms with Crippen molar-refractivity contribution in [2.75, 3.05) is 5.73 Å². The molecule has 1 fully saturated rings. The fraction of sp³-hybridized carbons (Fsp3) is 0.375. The van der Waals surface area contributed by atoms with Crippen LogP contribution >= 0.6 is 0 Å². The van der Waals surface area contributed by atoms with Gasteiger partial charge in [0.1, 0.15) is 0 Å². The van der Waals surface area contributed by atoms with Gasteiger partial charge in [-0.15, -0.1) is 0 Å². The van der Waals surface area contributed by atoms with Gasteiger partial charge in [0.25, 0.3) is 0 Å². The molecule has 1 heterocycles. The summed E-state index contributed by atoms with van der Waals surface area (Å²) < 4.78 is 30.3. The summed E-state index contributed by atoms with van der Waals surface area (Å²) in [5, 5.41) is 0.840. The molecule has 1 saturated carbocycles. The fourth-order valence-corrected chi connectivity index (χ4v) is 5.82. The van der Waals surface area contributed by atoms with Gasteiger partial charge in [0.05, 0.1) is 10.4 Å². The van der Waals surface area contributed by atoms with Crippen LogP contribution in [0.3, 0.4) is 0 Å². The summed E-state index contributed by atoms with van der Waals surface area (Å²) in [5.74, 6) is -0.195. The molecule has 0 atom stereocenters.